The standard InChI is InChI=1S/C48H36N2O2/c51-47-28-16-12-25(13-17-28)32-20-34-36-22-35-31-10-4-6-27-7-5-11-40(43(27)31)49(30-8-2-1-3-9-30)45(35)44-39-21-33-26-14-18-29(19-15-26)48(52)38(33)24-42(39)50(46(36)44)41(34)23-37(32)47/h1-11,20-26,28-29H,12-19H2. The molecular weight excluding hydrogens is 637 g/mol. The first-order valence-electron chi connectivity index (χ1n) is 19.5. The van der Waals surface area contributed by atoms with Gasteiger partial charge in [0.25, 0.3) is 0 Å². The van der Waals surface area contributed by atoms with E-state index < -0.39 is 0 Å². The molecule has 0 spiro atoms. The molecule has 4 nitrogen and oxygen atoms in total. The largest absolute Gasteiger partial charge is 0.309 e. The van der Waals surface area contributed by atoms with Crippen molar-refractivity contribution in [1.82, 2.24) is 8.97 Å². The van der Waals surface area contributed by atoms with Gasteiger partial charge in [-0.3, -0.25) is 9.59 Å². The summed E-state index contributed by atoms with van der Waals surface area (Å²) < 4.78 is 4.94. The van der Waals surface area contributed by atoms with E-state index >= 15 is 0 Å². The number of para-hydroxylation sites is 1. The van der Waals surface area contributed by atoms with Crippen molar-refractivity contribution in [2.45, 2.75) is 63.2 Å². The molecule has 0 amide bonds. The molecule has 4 heteroatoms. The van der Waals surface area contributed by atoms with E-state index in [0.717, 1.165) is 79.2 Å². The summed E-state index contributed by atoms with van der Waals surface area (Å²) in [4.78, 5) is 28.4. The van der Waals surface area contributed by atoms with Crippen LogP contribution in [0.2, 0.25) is 0 Å². The van der Waals surface area contributed by atoms with Gasteiger partial charge in [-0.05, 0) is 134 Å². The summed E-state index contributed by atoms with van der Waals surface area (Å²) in [5.74, 6) is 1.77. The second-order valence-corrected chi connectivity index (χ2v) is 16.5. The number of hydrogen-bond acceptors (Lipinski definition) is 2. The molecule has 0 unspecified atom stereocenters. The summed E-state index contributed by atoms with van der Waals surface area (Å²) in [5.41, 5.74) is 11.3. The van der Waals surface area contributed by atoms with Crippen LogP contribution in [-0.4, -0.2) is 20.5 Å². The summed E-state index contributed by atoms with van der Waals surface area (Å²) in [7, 11) is 0. The lowest BCUT2D eigenvalue weighted by atomic mass is 9.82. The van der Waals surface area contributed by atoms with Gasteiger partial charge in [0, 0.05) is 61.0 Å². The molecule has 0 N–H and O–H groups in total. The molecule has 0 radical (unpaired) electrons. The van der Waals surface area contributed by atoms with Crippen LogP contribution in [0.3, 0.4) is 0 Å². The highest BCUT2D eigenvalue weighted by Crippen LogP contribution is 2.52. The maximum absolute atomic E-state index is 14.2. The van der Waals surface area contributed by atoms with Crippen LogP contribution in [0, 0.1) is 11.8 Å². The van der Waals surface area contributed by atoms with Crippen molar-refractivity contribution in [2.24, 2.45) is 11.8 Å². The van der Waals surface area contributed by atoms with Gasteiger partial charge in [-0.25, -0.2) is 0 Å². The Balaban J connectivity index is 1.31. The first-order chi connectivity index (χ1) is 25.6. The minimum absolute atomic E-state index is 0.128. The fourth-order valence-corrected chi connectivity index (χ4v) is 11.7. The van der Waals surface area contributed by atoms with Gasteiger partial charge in [-0.2, -0.15) is 0 Å². The lowest BCUT2D eigenvalue weighted by Crippen LogP contribution is -2.15. The highest BCUT2D eigenvalue weighted by atomic mass is 16.1. The molecule has 52 heavy (non-hydrogen) atoms. The van der Waals surface area contributed by atoms with Crippen molar-refractivity contribution >= 4 is 82.2 Å². The predicted octanol–water partition coefficient (Wildman–Crippen LogP) is 12.0. The molecule has 3 aromatic heterocycles. The van der Waals surface area contributed by atoms with Gasteiger partial charge >= 0.3 is 0 Å². The number of fused-ring (bicyclic) bond motifs is 13. The molecule has 15 rings (SSSR count). The third-order valence-electron chi connectivity index (χ3n) is 14.1. The Kier molecular flexibility index (Phi) is 5.24. The maximum Gasteiger partial charge on any atom is 0.166 e. The zero-order valence-corrected chi connectivity index (χ0v) is 28.9. The van der Waals surface area contributed by atoms with Crippen LogP contribution in [-0.2, 0) is 0 Å². The molecule has 3 heterocycles. The first-order valence-corrected chi connectivity index (χ1v) is 19.5. The molecule has 0 atom stereocenters. The van der Waals surface area contributed by atoms with Gasteiger partial charge in [-0.15, -0.1) is 0 Å². The van der Waals surface area contributed by atoms with Crippen molar-refractivity contribution in [3.8, 4) is 5.69 Å². The number of rotatable bonds is 1. The number of benzene rings is 6. The summed E-state index contributed by atoms with van der Waals surface area (Å²) in [5, 5.41) is 9.92. The Bertz CT molecular complexity index is 3070. The molecule has 2 saturated carbocycles. The smallest absolute Gasteiger partial charge is 0.166 e. The third-order valence-corrected chi connectivity index (χ3v) is 14.1. The number of Topliss-reactive ketones (excluding diaryl/α,β-unsaturated/α-hetero) is 2. The highest BCUT2D eigenvalue weighted by molar-refractivity contribution is 6.35. The molecular formula is C48H36N2O2. The fourth-order valence-electron chi connectivity index (χ4n) is 11.7. The molecule has 6 aliphatic rings. The monoisotopic (exact) mass is 672 g/mol. The SMILES string of the molecule is O=C1c2cc3c(cc2C2CCC1CC2)c1cc2c4cccc5cccc(c54)n(-c4ccccc4)c2c2c4cc5c(cc4n3c12)C(=O)C1CCC5CC1. The Labute approximate surface area is 300 Å². The van der Waals surface area contributed by atoms with Crippen molar-refractivity contribution in [3.05, 3.63) is 119 Å². The van der Waals surface area contributed by atoms with Crippen LogP contribution in [0.4, 0.5) is 0 Å². The fraction of sp³-hybridized carbons (Fsp3) is 0.250. The van der Waals surface area contributed by atoms with Gasteiger partial charge < -0.3 is 8.97 Å². The average Bonchev–Trinajstić information content (AvgIpc) is 3.51. The van der Waals surface area contributed by atoms with Crippen LogP contribution in [0.5, 0.6) is 0 Å². The number of hydrogen-bond donors (Lipinski definition) is 0. The van der Waals surface area contributed by atoms with Crippen LogP contribution < -0.4 is 0 Å². The van der Waals surface area contributed by atoms with Gasteiger partial charge in [0.15, 0.2) is 11.6 Å². The number of aromatic nitrogens is 2. The number of carbonyl (C=O) groups is 2. The van der Waals surface area contributed by atoms with Crippen molar-refractivity contribution in [1.29, 1.82) is 0 Å². The van der Waals surface area contributed by atoms with Crippen LogP contribution >= 0.6 is 0 Å². The Morgan fingerprint density at radius 2 is 1.02 bits per heavy atom. The molecule has 6 aromatic carbocycles. The number of pyridine rings is 1. The average molecular weight is 673 g/mol. The topological polar surface area (TPSA) is 43.5 Å². The van der Waals surface area contributed by atoms with E-state index in [2.05, 4.69) is 106 Å². The lowest BCUT2D eigenvalue weighted by Gasteiger charge is -2.22. The third kappa shape index (κ3) is 3.36. The molecule has 0 aliphatic heterocycles. The molecule has 250 valence electrons. The zero-order chi connectivity index (χ0) is 34.0. The van der Waals surface area contributed by atoms with Gasteiger partial charge in [0.1, 0.15) is 0 Å². The summed E-state index contributed by atoms with van der Waals surface area (Å²) >= 11 is 0. The van der Waals surface area contributed by atoms with Crippen LogP contribution in [0.15, 0.2) is 97.1 Å². The Morgan fingerprint density at radius 1 is 0.442 bits per heavy atom. The summed E-state index contributed by atoms with van der Waals surface area (Å²) in [6.45, 7) is 0. The van der Waals surface area contributed by atoms with E-state index in [-0.39, 0.29) is 11.8 Å². The van der Waals surface area contributed by atoms with Gasteiger partial charge in [0.05, 0.1) is 27.6 Å². The second kappa shape index (κ2) is 9.68. The molecule has 0 saturated heterocycles. The van der Waals surface area contributed by atoms with E-state index in [4.69, 9.17) is 0 Å². The molecule has 2 fully saturated rings. The maximum atomic E-state index is 14.2. The van der Waals surface area contributed by atoms with E-state index in [1.807, 2.05) is 0 Å². The van der Waals surface area contributed by atoms with Crippen LogP contribution in [0.25, 0.3) is 76.4 Å². The zero-order valence-electron chi connectivity index (χ0n) is 28.9. The predicted molar refractivity (Wildman–Crippen MR) is 211 cm³/mol. The number of carbonyl (C=O) groups excluding carboxylic acids is 2. The van der Waals surface area contributed by atoms with Gasteiger partial charge in [0.2, 0.25) is 0 Å². The van der Waals surface area contributed by atoms with E-state index in [9.17, 15) is 9.59 Å². The Morgan fingerprint density at radius 3 is 1.69 bits per heavy atom. The first kappa shape index (κ1) is 28.1. The van der Waals surface area contributed by atoms with Crippen molar-refractivity contribution < 1.29 is 9.59 Å². The summed E-state index contributed by atoms with van der Waals surface area (Å²) in [6, 6.07) is 36.1. The molecule has 4 bridgehead atoms. The summed E-state index contributed by atoms with van der Waals surface area (Å²) in [6.07, 6.45) is 8.34. The normalized spacial score (nSPS) is 22.8. The van der Waals surface area contributed by atoms with E-state index in [1.165, 1.54) is 70.8 Å². The van der Waals surface area contributed by atoms with Gasteiger partial charge in [-0.1, -0.05) is 48.5 Å². The molecule has 9 aromatic rings. The minimum Gasteiger partial charge on any atom is -0.309 e. The number of nitrogens with zero attached hydrogens (tertiary/aromatic N) is 2. The highest BCUT2D eigenvalue weighted by Gasteiger charge is 2.38. The quantitative estimate of drug-likeness (QED) is 0.129. The van der Waals surface area contributed by atoms with Crippen LogP contribution in [0.1, 0.15) is 95.0 Å². The minimum atomic E-state index is 0.128. The van der Waals surface area contributed by atoms with E-state index in [1.54, 1.807) is 0 Å². The number of ketones is 2. The van der Waals surface area contributed by atoms with Crippen molar-refractivity contribution in [3.63, 3.8) is 0 Å². The second-order valence-electron chi connectivity index (χ2n) is 16.5. The molecule has 6 aliphatic carbocycles. The van der Waals surface area contributed by atoms with Crippen molar-refractivity contribution in [2.75, 3.05) is 0 Å². The van der Waals surface area contributed by atoms with E-state index in [0.29, 0.717) is 23.4 Å². The lowest BCUT2D eigenvalue weighted by molar-refractivity contribution is 0.0891. The Hall–Kier alpha value is -5.48.